The monoisotopic (exact) mass is 191 g/mol. The van der Waals surface area contributed by atoms with Crippen LogP contribution >= 0.6 is 0 Å². The molecule has 0 saturated carbocycles. The molecule has 0 radical (unpaired) electrons. The van der Waals surface area contributed by atoms with Gasteiger partial charge in [-0.15, -0.1) is 0 Å². The standard InChI is InChI=1S/C10H9NO3/c1-13-6-2-3-7-9(4-6)14-5-8(11)10(7)12/h2-5H,11H2,1H3. The lowest BCUT2D eigenvalue weighted by atomic mass is 10.2. The van der Waals surface area contributed by atoms with Crippen molar-refractivity contribution in [3.05, 3.63) is 34.7 Å². The lowest BCUT2D eigenvalue weighted by Crippen LogP contribution is -2.07. The average Bonchev–Trinajstić information content (AvgIpc) is 2.23. The quantitative estimate of drug-likeness (QED) is 0.739. The molecule has 1 aromatic heterocycles. The number of ether oxygens (including phenoxy) is 1. The van der Waals surface area contributed by atoms with Crippen molar-refractivity contribution < 1.29 is 9.15 Å². The van der Waals surface area contributed by atoms with E-state index in [1.54, 1.807) is 25.3 Å². The molecule has 0 saturated heterocycles. The van der Waals surface area contributed by atoms with E-state index in [1.807, 2.05) is 0 Å². The van der Waals surface area contributed by atoms with Crippen molar-refractivity contribution >= 4 is 16.7 Å². The third kappa shape index (κ3) is 1.21. The largest absolute Gasteiger partial charge is 0.497 e. The fourth-order valence-corrected chi connectivity index (χ4v) is 1.25. The molecule has 4 nitrogen and oxygen atoms in total. The molecule has 2 aromatic rings. The first-order chi connectivity index (χ1) is 6.72. The van der Waals surface area contributed by atoms with Crippen molar-refractivity contribution in [1.82, 2.24) is 0 Å². The minimum atomic E-state index is -0.214. The number of benzene rings is 1. The van der Waals surface area contributed by atoms with Gasteiger partial charge in [0.05, 0.1) is 12.5 Å². The van der Waals surface area contributed by atoms with Crippen LogP contribution in [0.5, 0.6) is 5.75 Å². The predicted octanol–water partition coefficient (Wildman–Crippen LogP) is 1.38. The van der Waals surface area contributed by atoms with Crippen molar-refractivity contribution in [3.8, 4) is 5.75 Å². The van der Waals surface area contributed by atoms with Crippen LogP contribution in [0.4, 0.5) is 5.69 Å². The molecule has 0 bridgehead atoms. The van der Waals surface area contributed by atoms with Gasteiger partial charge in [-0.2, -0.15) is 0 Å². The van der Waals surface area contributed by atoms with Gasteiger partial charge in [0.25, 0.3) is 0 Å². The van der Waals surface area contributed by atoms with E-state index >= 15 is 0 Å². The van der Waals surface area contributed by atoms with E-state index in [0.717, 1.165) is 0 Å². The molecule has 0 aliphatic rings. The van der Waals surface area contributed by atoms with Crippen LogP contribution in [0, 0.1) is 0 Å². The first kappa shape index (κ1) is 8.62. The lowest BCUT2D eigenvalue weighted by molar-refractivity contribution is 0.414. The molecule has 1 heterocycles. The molecule has 0 aliphatic carbocycles. The van der Waals surface area contributed by atoms with Gasteiger partial charge < -0.3 is 14.9 Å². The summed E-state index contributed by atoms with van der Waals surface area (Å²) < 4.78 is 10.2. The molecule has 2 N–H and O–H groups in total. The van der Waals surface area contributed by atoms with Crippen LogP contribution in [-0.4, -0.2) is 7.11 Å². The average molecular weight is 191 g/mol. The first-order valence-electron chi connectivity index (χ1n) is 4.07. The Morgan fingerprint density at radius 2 is 2.21 bits per heavy atom. The van der Waals surface area contributed by atoms with Gasteiger partial charge in [0, 0.05) is 6.07 Å². The summed E-state index contributed by atoms with van der Waals surface area (Å²) in [6.07, 6.45) is 1.24. The van der Waals surface area contributed by atoms with E-state index < -0.39 is 0 Å². The second-order valence-corrected chi connectivity index (χ2v) is 2.88. The minimum Gasteiger partial charge on any atom is -0.497 e. The summed E-state index contributed by atoms with van der Waals surface area (Å²) in [5, 5.41) is 0.464. The van der Waals surface area contributed by atoms with E-state index in [0.29, 0.717) is 16.7 Å². The Balaban J connectivity index is 2.81. The molecule has 14 heavy (non-hydrogen) atoms. The zero-order chi connectivity index (χ0) is 10.1. The number of nitrogens with two attached hydrogens (primary N) is 1. The van der Waals surface area contributed by atoms with Gasteiger partial charge in [0.15, 0.2) is 0 Å². The fourth-order valence-electron chi connectivity index (χ4n) is 1.25. The maximum atomic E-state index is 11.5. The Bertz CT molecular complexity index is 530. The van der Waals surface area contributed by atoms with Crippen molar-refractivity contribution in [3.63, 3.8) is 0 Å². The number of anilines is 1. The van der Waals surface area contributed by atoms with Crippen molar-refractivity contribution in [1.29, 1.82) is 0 Å². The number of hydrogen-bond acceptors (Lipinski definition) is 4. The maximum Gasteiger partial charge on any atom is 0.215 e. The van der Waals surface area contributed by atoms with E-state index in [2.05, 4.69) is 0 Å². The number of methoxy groups -OCH3 is 1. The Morgan fingerprint density at radius 3 is 2.93 bits per heavy atom. The van der Waals surface area contributed by atoms with Crippen LogP contribution in [0.1, 0.15) is 0 Å². The maximum absolute atomic E-state index is 11.5. The van der Waals surface area contributed by atoms with E-state index in [1.165, 1.54) is 6.26 Å². The highest BCUT2D eigenvalue weighted by Crippen LogP contribution is 2.18. The molecule has 0 atom stereocenters. The Hall–Kier alpha value is -1.97. The van der Waals surface area contributed by atoms with Gasteiger partial charge in [0.2, 0.25) is 5.43 Å². The number of hydrogen-bond donors (Lipinski definition) is 1. The van der Waals surface area contributed by atoms with E-state index in [9.17, 15) is 4.79 Å². The van der Waals surface area contributed by atoms with Crippen LogP contribution in [0.2, 0.25) is 0 Å². The highest BCUT2D eigenvalue weighted by atomic mass is 16.5. The summed E-state index contributed by atoms with van der Waals surface area (Å²) in [6.45, 7) is 0. The molecular weight excluding hydrogens is 182 g/mol. The molecule has 4 heteroatoms. The topological polar surface area (TPSA) is 65.5 Å². The molecule has 72 valence electrons. The molecular formula is C10H9NO3. The number of nitrogen functional groups attached to an aromatic ring is 1. The van der Waals surface area contributed by atoms with Crippen LogP contribution in [0.15, 0.2) is 33.7 Å². The van der Waals surface area contributed by atoms with Crippen LogP contribution in [-0.2, 0) is 0 Å². The predicted molar refractivity (Wildman–Crippen MR) is 53.4 cm³/mol. The third-order valence-corrected chi connectivity index (χ3v) is 2.01. The second kappa shape index (κ2) is 3.06. The van der Waals surface area contributed by atoms with Crippen molar-refractivity contribution in [2.45, 2.75) is 0 Å². The smallest absolute Gasteiger partial charge is 0.215 e. The van der Waals surface area contributed by atoms with Gasteiger partial charge in [-0.3, -0.25) is 4.79 Å². The molecule has 0 unspecified atom stereocenters. The van der Waals surface area contributed by atoms with Gasteiger partial charge in [-0.1, -0.05) is 0 Å². The summed E-state index contributed by atoms with van der Waals surface area (Å²) in [7, 11) is 1.55. The zero-order valence-corrected chi connectivity index (χ0v) is 7.61. The fraction of sp³-hybridized carbons (Fsp3) is 0.100. The second-order valence-electron chi connectivity index (χ2n) is 2.88. The summed E-state index contributed by atoms with van der Waals surface area (Å²) in [5.41, 5.74) is 5.79. The molecule has 1 aromatic carbocycles. The third-order valence-electron chi connectivity index (χ3n) is 2.01. The van der Waals surface area contributed by atoms with Gasteiger partial charge in [-0.25, -0.2) is 0 Å². The summed E-state index contributed by atoms with van der Waals surface area (Å²) in [6, 6.07) is 4.98. The minimum absolute atomic E-state index is 0.114. The van der Waals surface area contributed by atoms with E-state index in [-0.39, 0.29) is 11.1 Å². The molecule has 0 amide bonds. The number of rotatable bonds is 1. The van der Waals surface area contributed by atoms with Crippen LogP contribution in [0.25, 0.3) is 11.0 Å². The number of fused-ring (bicyclic) bond motifs is 1. The first-order valence-corrected chi connectivity index (χ1v) is 4.07. The SMILES string of the molecule is COc1ccc2c(=O)c(N)coc2c1. The molecule has 0 aliphatic heterocycles. The molecule has 0 fully saturated rings. The van der Waals surface area contributed by atoms with E-state index in [4.69, 9.17) is 14.9 Å². The van der Waals surface area contributed by atoms with Gasteiger partial charge in [0.1, 0.15) is 23.3 Å². The summed E-state index contributed by atoms with van der Waals surface area (Å²) in [4.78, 5) is 11.5. The zero-order valence-electron chi connectivity index (χ0n) is 7.61. The Morgan fingerprint density at radius 1 is 1.43 bits per heavy atom. The highest BCUT2D eigenvalue weighted by Gasteiger charge is 2.04. The Kier molecular flexibility index (Phi) is 1.89. The normalized spacial score (nSPS) is 10.4. The highest BCUT2D eigenvalue weighted by molar-refractivity contribution is 5.80. The van der Waals surface area contributed by atoms with Crippen LogP contribution in [0.3, 0.4) is 0 Å². The summed E-state index contributed by atoms with van der Waals surface area (Å²) >= 11 is 0. The van der Waals surface area contributed by atoms with Crippen molar-refractivity contribution in [2.24, 2.45) is 0 Å². The van der Waals surface area contributed by atoms with Crippen molar-refractivity contribution in [2.75, 3.05) is 12.8 Å². The van der Waals surface area contributed by atoms with Gasteiger partial charge in [-0.05, 0) is 12.1 Å². The molecule has 2 rings (SSSR count). The molecule has 0 spiro atoms. The lowest BCUT2D eigenvalue weighted by Gasteiger charge is -2.01. The van der Waals surface area contributed by atoms with Crippen LogP contribution < -0.4 is 15.9 Å². The van der Waals surface area contributed by atoms with Gasteiger partial charge >= 0.3 is 0 Å². The Labute approximate surface area is 79.9 Å². The summed E-state index contributed by atoms with van der Waals surface area (Å²) in [5.74, 6) is 0.644.